The summed E-state index contributed by atoms with van der Waals surface area (Å²) in [6.07, 6.45) is 22.3. The second kappa shape index (κ2) is 29.7. The molecule has 0 aromatic heterocycles. The van der Waals surface area contributed by atoms with Crippen LogP contribution in [0.15, 0.2) is 0 Å². The molecule has 0 atom stereocenters. The van der Waals surface area contributed by atoms with E-state index in [1.165, 1.54) is 89.9 Å². The maximum absolute atomic E-state index is 10.1. The zero-order chi connectivity index (χ0) is 21.3. The number of carboxylic acids is 2. The Bertz CT molecular complexity index is 303. The van der Waals surface area contributed by atoms with E-state index >= 15 is 0 Å². The molecule has 0 unspecified atom stereocenters. The molecule has 5 heteroatoms. The Morgan fingerprint density at radius 3 is 0.862 bits per heavy atom. The third-order valence-corrected chi connectivity index (χ3v) is 4.97. The Morgan fingerprint density at radius 1 is 0.448 bits per heavy atom. The Morgan fingerprint density at radius 2 is 0.655 bits per heavy atom. The van der Waals surface area contributed by atoms with E-state index in [0.29, 0.717) is 0 Å². The first-order chi connectivity index (χ1) is 13.5. The van der Waals surface area contributed by atoms with Crippen molar-refractivity contribution in [2.45, 2.75) is 142 Å². The molecule has 0 aromatic rings. The van der Waals surface area contributed by atoms with E-state index in [1.807, 2.05) is 0 Å². The molecule has 0 aromatic carbocycles. The maximum Gasteiger partial charge on any atom is 3.00 e. The van der Waals surface area contributed by atoms with Crippen molar-refractivity contribution in [1.29, 1.82) is 0 Å². The van der Waals surface area contributed by atoms with Gasteiger partial charge in [-0.05, 0) is 25.7 Å². The minimum Gasteiger partial charge on any atom is -0.550 e. The number of aliphatic carboxylic acids is 2. The molecule has 0 saturated carbocycles. The van der Waals surface area contributed by atoms with E-state index in [1.54, 1.807) is 0 Å². The van der Waals surface area contributed by atoms with Crippen molar-refractivity contribution in [3.63, 3.8) is 0 Å². The predicted molar refractivity (Wildman–Crippen MR) is 119 cm³/mol. The number of carboxylic acid groups (broad SMARTS) is 2. The Balaban J connectivity index is -0.000000451. The summed E-state index contributed by atoms with van der Waals surface area (Å²) in [4.78, 5) is 20.2. The van der Waals surface area contributed by atoms with Crippen LogP contribution in [0.5, 0.6) is 0 Å². The molecule has 0 N–H and O–H groups in total. The molecule has 0 fully saturated rings. The number of carbonyl (C=O) groups excluding carboxylic acids is 2. The number of hydrogen-bond acceptors (Lipinski definition) is 4. The third-order valence-electron chi connectivity index (χ3n) is 4.97. The summed E-state index contributed by atoms with van der Waals surface area (Å²) < 4.78 is 0. The van der Waals surface area contributed by atoms with E-state index in [0.717, 1.165) is 25.7 Å². The summed E-state index contributed by atoms with van der Waals surface area (Å²) in [6, 6.07) is 0. The van der Waals surface area contributed by atoms with Crippen LogP contribution in [-0.2, 0) is 9.59 Å². The van der Waals surface area contributed by atoms with Gasteiger partial charge >= 0.3 is 17.4 Å². The first kappa shape index (κ1) is 33.1. The van der Waals surface area contributed by atoms with Crippen molar-refractivity contribution in [3.8, 4) is 0 Å². The monoisotopic (exact) mass is 425 g/mol. The van der Waals surface area contributed by atoms with Crippen LogP contribution in [-0.4, -0.2) is 29.3 Å². The quantitative estimate of drug-likeness (QED) is 0.204. The Hall–Kier alpha value is -0.528. The molecule has 0 heterocycles. The molecule has 29 heavy (non-hydrogen) atoms. The van der Waals surface area contributed by atoms with Crippen LogP contribution in [0.1, 0.15) is 142 Å². The van der Waals surface area contributed by atoms with E-state index in [9.17, 15) is 19.8 Å². The SMILES string of the molecule is CCCCCCCCCCCC(=O)[O-].CCCCCCCCCCCC(=O)[O-].[Al+3]. The Labute approximate surface area is 191 Å². The Kier molecular flexibility index (Phi) is 33.9. The second-order valence-corrected chi connectivity index (χ2v) is 7.90. The molecule has 0 saturated heterocycles. The average molecular weight is 426 g/mol. The van der Waals surface area contributed by atoms with Crippen molar-refractivity contribution in [3.05, 3.63) is 0 Å². The van der Waals surface area contributed by atoms with Crippen LogP contribution in [0.2, 0.25) is 0 Å². The van der Waals surface area contributed by atoms with Gasteiger partial charge in [0.1, 0.15) is 0 Å². The maximum atomic E-state index is 10.1. The molecule has 0 aliphatic heterocycles. The van der Waals surface area contributed by atoms with Crippen molar-refractivity contribution in [1.82, 2.24) is 0 Å². The molecule has 0 spiro atoms. The van der Waals surface area contributed by atoms with Gasteiger partial charge in [0.25, 0.3) is 0 Å². The molecular formula is C24H46AlO4+. The zero-order valence-corrected chi connectivity index (χ0v) is 20.5. The molecule has 0 aliphatic carbocycles. The summed E-state index contributed by atoms with van der Waals surface area (Å²) >= 11 is 0. The van der Waals surface area contributed by atoms with E-state index in [2.05, 4.69) is 13.8 Å². The van der Waals surface area contributed by atoms with Gasteiger partial charge in [-0.2, -0.15) is 0 Å². The van der Waals surface area contributed by atoms with Crippen molar-refractivity contribution < 1.29 is 19.8 Å². The van der Waals surface area contributed by atoms with Crippen LogP contribution in [0.25, 0.3) is 0 Å². The molecule has 4 nitrogen and oxygen atoms in total. The van der Waals surface area contributed by atoms with E-state index in [-0.39, 0.29) is 30.2 Å². The minimum atomic E-state index is -0.909. The van der Waals surface area contributed by atoms with Crippen LogP contribution >= 0.6 is 0 Å². The van der Waals surface area contributed by atoms with Gasteiger partial charge in [0.2, 0.25) is 0 Å². The first-order valence-corrected chi connectivity index (χ1v) is 11.9. The normalized spacial score (nSPS) is 10.0. The second-order valence-electron chi connectivity index (χ2n) is 7.90. The fourth-order valence-corrected chi connectivity index (χ4v) is 3.16. The largest absolute Gasteiger partial charge is 3.00 e. The third kappa shape index (κ3) is 38.7. The van der Waals surface area contributed by atoms with Crippen LogP contribution in [0.4, 0.5) is 0 Å². The van der Waals surface area contributed by atoms with Crippen LogP contribution in [0.3, 0.4) is 0 Å². The van der Waals surface area contributed by atoms with Gasteiger partial charge in [-0.15, -0.1) is 0 Å². The molecule has 0 amide bonds. The fraction of sp³-hybridized carbons (Fsp3) is 0.917. The molecule has 0 aliphatic rings. The van der Waals surface area contributed by atoms with Gasteiger partial charge in [-0.1, -0.05) is 117 Å². The summed E-state index contributed by atoms with van der Waals surface area (Å²) in [5, 5.41) is 20.2. The first-order valence-electron chi connectivity index (χ1n) is 11.9. The smallest absolute Gasteiger partial charge is 0.550 e. The van der Waals surface area contributed by atoms with Crippen molar-refractivity contribution in [2.24, 2.45) is 0 Å². The fourth-order valence-electron chi connectivity index (χ4n) is 3.16. The zero-order valence-electron chi connectivity index (χ0n) is 19.4. The number of rotatable bonds is 20. The number of unbranched alkanes of at least 4 members (excludes halogenated alkanes) is 16. The molecular weight excluding hydrogens is 379 g/mol. The average Bonchev–Trinajstić information content (AvgIpc) is 2.65. The minimum absolute atomic E-state index is 0. The van der Waals surface area contributed by atoms with E-state index in [4.69, 9.17) is 0 Å². The molecule has 0 radical (unpaired) electrons. The molecule has 168 valence electrons. The van der Waals surface area contributed by atoms with Gasteiger partial charge in [0, 0.05) is 11.9 Å². The predicted octanol–water partition coefficient (Wildman–Crippen LogP) is 4.93. The number of carbonyl (C=O) groups is 2. The summed E-state index contributed by atoms with van der Waals surface area (Å²) in [7, 11) is 0. The van der Waals surface area contributed by atoms with E-state index < -0.39 is 11.9 Å². The van der Waals surface area contributed by atoms with Crippen LogP contribution < -0.4 is 10.2 Å². The molecule has 0 rings (SSSR count). The molecule has 0 bridgehead atoms. The van der Waals surface area contributed by atoms with Gasteiger partial charge in [-0.3, -0.25) is 0 Å². The van der Waals surface area contributed by atoms with Crippen molar-refractivity contribution >= 4 is 29.3 Å². The van der Waals surface area contributed by atoms with Crippen molar-refractivity contribution in [2.75, 3.05) is 0 Å². The topological polar surface area (TPSA) is 80.3 Å². The summed E-state index contributed by atoms with van der Waals surface area (Å²) in [5.41, 5.74) is 0. The number of hydrogen-bond donors (Lipinski definition) is 0. The summed E-state index contributed by atoms with van der Waals surface area (Å²) in [5.74, 6) is -1.82. The standard InChI is InChI=1S/2C12H24O2.Al/c2*1-2-3-4-5-6-7-8-9-10-11-12(13)14;/h2*2-11H2,1H3,(H,13,14);/q;;+3/p-2. The van der Waals surface area contributed by atoms with Gasteiger partial charge in [0.15, 0.2) is 0 Å². The van der Waals surface area contributed by atoms with Gasteiger partial charge in [-0.25, -0.2) is 0 Å². The van der Waals surface area contributed by atoms with Crippen LogP contribution in [0, 0.1) is 0 Å². The van der Waals surface area contributed by atoms with Gasteiger partial charge in [0.05, 0.1) is 0 Å². The van der Waals surface area contributed by atoms with Gasteiger partial charge < -0.3 is 19.8 Å². The summed E-state index contributed by atoms with van der Waals surface area (Å²) in [6.45, 7) is 4.44.